The zero-order valence-electron chi connectivity index (χ0n) is 11.4. The number of aryl methyl sites for hydroxylation is 1. The maximum atomic E-state index is 12.0. The van der Waals surface area contributed by atoms with Gasteiger partial charge in [-0.3, -0.25) is 4.79 Å². The number of nitrogens with one attached hydrogen (secondary N) is 2. The average molecular weight is 284 g/mol. The van der Waals surface area contributed by atoms with Gasteiger partial charge in [0.25, 0.3) is 0 Å². The smallest absolute Gasteiger partial charge is 0.241 e. The van der Waals surface area contributed by atoms with Gasteiger partial charge in [0.15, 0.2) is 5.78 Å². The van der Waals surface area contributed by atoms with Gasteiger partial charge in [-0.2, -0.15) is 0 Å². The SMILES string of the molecule is CCNCC(=O)C(C)NS(=O)(=O)c1ccc(C)cc1. The predicted octanol–water partition coefficient (Wildman–Crippen LogP) is 0.840. The Balaban J connectivity index is 2.74. The summed E-state index contributed by atoms with van der Waals surface area (Å²) in [6.45, 7) is 6.14. The minimum Gasteiger partial charge on any atom is -0.310 e. The van der Waals surface area contributed by atoms with Gasteiger partial charge >= 0.3 is 0 Å². The molecule has 1 aromatic rings. The molecule has 0 aliphatic carbocycles. The van der Waals surface area contributed by atoms with E-state index in [1.165, 1.54) is 12.1 Å². The molecule has 19 heavy (non-hydrogen) atoms. The zero-order chi connectivity index (χ0) is 14.5. The molecule has 0 aromatic heterocycles. The average Bonchev–Trinajstić information content (AvgIpc) is 2.35. The largest absolute Gasteiger partial charge is 0.310 e. The Morgan fingerprint density at radius 3 is 2.37 bits per heavy atom. The molecule has 0 spiro atoms. The lowest BCUT2D eigenvalue weighted by Crippen LogP contribution is -2.42. The molecule has 1 rings (SSSR count). The molecule has 1 atom stereocenters. The van der Waals surface area contributed by atoms with E-state index >= 15 is 0 Å². The van der Waals surface area contributed by atoms with Crippen molar-refractivity contribution in [2.24, 2.45) is 0 Å². The predicted molar refractivity (Wildman–Crippen MR) is 74.5 cm³/mol. The van der Waals surface area contributed by atoms with E-state index in [2.05, 4.69) is 10.0 Å². The summed E-state index contributed by atoms with van der Waals surface area (Å²) in [5, 5.41) is 2.88. The summed E-state index contributed by atoms with van der Waals surface area (Å²) in [4.78, 5) is 11.8. The highest BCUT2D eigenvalue weighted by molar-refractivity contribution is 7.89. The fraction of sp³-hybridized carbons (Fsp3) is 0.462. The van der Waals surface area contributed by atoms with E-state index in [0.717, 1.165) is 5.56 Å². The number of sulfonamides is 1. The second-order valence-electron chi connectivity index (χ2n) is 4.40. The van der Waals surface area contributed by atoms with Crippen LogP contribution in [0.4, 0.5) is 0 Å². The number of Topliss-reactive ketones (excluding diaryl/α,β-unsaturated/α-hetero) is 1. The van der Waals surface area contributed by atoms with Crippen molar-refractivity contribution in [1.29, 1.82) is 0 Å². The summed E-state index contributed by atoms with van der Waals surface area (Å²) in [7, 11) is -3.64. The quantitative estimate of drug-likeness (QED) is 0.778. The van der Waals surface area contributed by atoms with E-state index in [-0.39, 0.29) is 17.2 Å². The number of carbonyl (C=O) groups excluding carboxylic acids is 1. The van der Waals surface area contributed by atoms with Gasteiger partial charge in [-0.15, -0.1) is 0 Å². The molecule has 1 unspecified atom stereocenters. The summed E-state index contributed by atoms with van der Waals surface area (Å²) in [5.41, 5.74) is 0.982. The molecular weight excluding hydrogens is 264 g/mol. The Morgan fingerprint density at radius 2 is 1.84 bits per heavy atom. The highest BCUT2D eigenvalue weighted by Gasteiger charge is 2.21. The Kier molecular flexibility index (Phi) is 5.65. The van der Waals surface area contributed by atoms with Gasteiger partial charge in [-0.1, -0.05) is 24.6 Å². The van der Waals surface area contributed by atoms with E-state index in [9.17, 15) is 13.2 Å². The van der Waals surface area contributed by atoms with Crippen molar-refractivity contribution in [1.82, 2.24) is 10.0 Å². The number of hydrogen-bond acceptors (Lipinski definition) is 4. The van der Waals surface area contributed by atoms with Crippen LogP contribution in [0.2, 0.25) is 0 Å². The molecule has 0 saturated carbocycles. The fourth-order valence-electron chi connectivity index (χ4n) is 1.49. The number of carbonyl (C=O) groups is 1. The summed E-state index contributed by atoms with van der Waals surface area (Å²) in [5.74, 6) is -0.183. The van der Waals surface area contributed by atoms with Crippen LogP contribution in [-0.2, 0) is 14.8 Å². The van der Waals surface area contributed by atoms with E-state index in [0.29, 0.717) is 6.54 Å². The molecule has 106 valence electrons. The van der Waals surface area contributed by atoms with E-state index in [1.54, 1.807) is 19.1 Å². The van der Waals surface area contributed by atoms with Crippen LogP contribution in [0.5, 0.6) is 0 Å². The number of hydrogen-bond donors (Lipinski definition) is 2. The van der Waals surface area contributed by atoms with Crippen LogP contribution in [0.15, 0.2) is 29.2 Å². The van der Waals surface area contributed by atoms with Crippen LogP contribution >= 0.6 is 0 Å². The molecule has 0 radical (unpaired) electrons. The first kappa shape index (κ1) is 15.8. The van der Waals surface area contributed by atoms with Gasteiger partial charge in [-0.05, 0) is 32.5 Å². The first-order valence-electron chi connectivity index (χ1n) is 6.19. The molecule has 6 heteroatoms. The second-order valence-corrected chi connectivity index (χ2v) is 6.12. The summed E-state index contributed by atoms with van der Waals surface area (Å²) >= 11 is 0. The Labute approximate surface area is 114 Å². The Bertz CT molecular complexity index is 523. The highest BCUT2D eigenvalue weighted by atomic mass is 32.2. The molecule has 0 aliphatic rings. The summed E-state index contributed by atoms with van der Waals surface area (Å²) in [6, 6.07) is 5.75. The van der Waals surface area contributed by atoms with Gasteiger partial charge in [-0.25, -0.2) is 13.1 Å². The molecule has 0 fully saturated rings. The van der Waals surface area contributed by atoms with Crippen LogP contribution in [0.25, 0.3) is 0 Å². The van der Waals surface area contributed by atoms with Crippen LogP contribution in [0.1, 0.15) is 19.4 Å². The van der Waals surface area contributed by atoms with Crippen LogP contribution in [0.3, 0.4) is 0 Å². The first-order valence-corrected chi connectivity index (χ1v) is 7.67. The molecular formula is C13H20N2O3S. The molecule has 5 nitrogen and oxygen atoms in total. The number of rotatable bonds is 7. The van der Waals surface area contributed by atoms with Crippen molar-refractivity contribution in [3.8, 4) is 0 Å². The van der Waals surface area contributed by atoms with Crippen molar-refractivity contribution in [3.05, 3.63) is 29.8 Å². The highest BCUT2D eigenvalue weighted by Crippen LogP contribution is 2.10. The summed E-state index contributed by atoms with van der Waals surface area (Å²) in [6.07, 6.45) is 0. The van der Waals surface area contributed by atoms with Gasteiger partial charge in [0.05, 0.1) is 17.5 Å². The van der Waals surface area contributed by atoms with Crippen LogP contribution in [0, 0.1) is 6.92 Å². The molecule has 2 N–H and O–H groups in total. The van der Waals surface area contributed by atoms with E-state index < -0.39 is 16.1 Å². The second kappa shape index (κ2) is 6.79. The van der Waals surface area contributed by atoms with Gasteiger partial charge in [0.2, 0.25) is 10.0 Å². The van der Waals surface area contributed by atoms with Crippen molar-refractivity contribution < 1.29 is 13.2 Å². The molecule has 0 aliphatic heterocycles. The normalized spacial score (nSPS) is 13.2. The maximum Gasteiger partial charge on any atom is 0.241 e. The molecule has 1 aromatic carbocycles. The zero-order valence-corrected chi connectivity index (χ0v) is 12.3. The van der Waals surface area contributed by atoms with Gasteiger partial charge in [0.1, 0.15) is 0 Å². The van der Waals surface area contributed by atoms with E-state index in [4.69, 9.17) is 0 Å². The number of likely N-dealkylation sites (N-methyl/N-ethyl adjacent to an activating group) is 1. The lowest BCUT2D eigenvalue weighted by Gasteiger charge is -2.13. The standard InChI is InChI=1S/C13H20N2O3S/c1-4-14-9-13(16)11(3)15-19(17,18)12-7-5-10(2)6-8-12/h5-8,11,14-15H,4,9H2,1-3H3. The third-order valence-electron chi connectivity index (χ3n) is 2.70. The van der Waals surface area contributed by atoms with Crippen molar-refractivity contribution in [3.63, 3.8) is 0 Å². The molecule has 0 saturated heterocycles. The number of ketones is 1. The maximum absolute atomic E-state index is 12.0. The van der Waals surface area contributed by atoms with Crippen LogP contribution in [-0.4, -0.2) is 33.3 Å². The topological polar surface area (TPSA) is 75.3 Å². The Morgan fingerprint density at radius 1 is 1.26 bits per heavy atom. The third-order valence-corrected chi connectivity index (χ3v) is 4.25. The van der Waals surface area contributed by atoms with Crippen molar-refractivity contribution >= 4 is 15.8 Å². The monoisotopic (exact) mass is 284 g/mol. The lowest BCUT2D eigenvalue weighted by molar-refractivity contribution is -0.119. The molecule has 0 amide bonds. The van der Waals surface area contributed by atoms with Crippen molar-refractivity contribution in [2.75, 3.05) is 13.1 Å². The Hall–Kier alpha value is -1.24. The van der Waals surface area contributed by atoms with Crippen LogP contribution < -0.4 is 10.0 Å². The summed E-state index contributed by atoms with van der Waals surface area (Å²) < 4.78 is 26.5. The van der Waals surface area contributed by atoms with Gasteiger partial charge < -0.3 is 5.32 Å². The van der Waals surface area contributed by atoms with Crippen molar-refractivity contribution in [2.45, 2.75) is 31.7 Å². The van der Waals surface area contributed by atoms with Gasteiger partial charge in [0, 0.05) is 0 Å². The molecule has 0 bridgehead atoms. The lowest BCUT2D eigenvalue weighted by atomic mass is 10.2. The fourth-order valence-corrected chi connectivity index (χ4v) is 2.71. The third kappa shape index (κ3) is 4.74. The first-order chi connectivity index (χ1) is 8.86. The van der Waals surface area contributed by atoms with E-state index in [1.807, 2.05) is 13.8 Å². The minimum absolute atomic E-state index is 0.161. The minimum atomic E-state index is -3.64. The molecule has 0 heterocycles. The number of benzene rings is 1.